The smallest absolute Gasteiger partial charge is 0.203 e. The van der Waals surface area contributed by atoms with Crippen LogP contribution < -0.4 is 9.47 Å². The average Bonchev–Trinajstić information content (AvgIpc) is 2.43. The quantitative estimate of drug-likeness (QED) is 0.757. The van der Waals surface area contributed by atoms with Gasteiger partial charge in [-0.2, -0.15) is 0 Å². The van der Waals surface area contributed by atoms with Gasteiger partial charge in [-0.25, -0.2) is 4.39 Å². The van der Waals surface area contributed by atoms with Crippen LogP contribution >= 0.6 is 15.9 Å². The Morgan fingerprint density at radius 3 is 2.67 bits per heavy atom. The van der Waals surface area contributed by atoms with E-state index in [1.165, 1.54) is 19.2 Å². The van der Waals surface area contributed by atoms with E-state index in [1.807, 2.05) is 13.0 Å². The van der Waals surface area contributed by atoms with Gasteiger partial charge in [0.05, 0.1) is 12.7 Å². The number of ketones is 1. The van der Waals surface area contributed by atoms with E-state index < -0.39 is 5.82 Å². The Balaban J connectivity index is 2.11. The molecule has 0 atom stereocenters. The molecule has 0 unspecified atom stereocenters. The van der Waals surface area contributed by atoms with E-state index in [-0.39, 0.29) is 12.4 Å². The predicted molar refractivity (Wildman–Crippen MR) is 81.7 cm³/mol. The maximum atomic E-state index is 13.2. The molecule has 0 amide bonds. The summed E-state index contributed by atoms with van der Waals surface area (Å²) in [5, 5.41) is 0. The Kier molecular flexibility index (Phi) is 4.96. The number of benzene rings is 2. The normalized spacial score (nSPS) is 10.3. The van der Waals surface area contributed by atoms with Gasteiger partial charge in [-0.3, -0.25) is 4.79 Å². The van der Waals surface area contributed by atoms with Crippen molar-refractivity contribution in [2.24, 2.45) is 0 Å². The van der Waals surface area contributed by atoms with Gasteiger partial charge in [0.1, 0.15) is 17.3 Å². The molecule has 0 saturated heterocycles. The first-order valence-electron chi connectivity index (χ1n) is 6.26. The number of carbonyl (C=O) groups is 1. The monoisotopic (exact) mass is 352 g/mol. The molecule has 110 valence electrons. The number of Topliss-reactive ketones (excluding diaryl/α,β-unsaturated/α-hetero) is 1. The van der Waals surface area contributed by atoms with Gasteiger partial charge in [-0.1, -0.05) is 22.0 Å². The summed E-state index contributed by atoms with van der Waals surface area (Å²) < 4.78 is 24.3. The fourth-order valence-electron chi connectivity index (χ4n) is 1.87. The summed E-state index contributed by atoms with van der Waals surface area (Å²) in [5.41, 5.74) is 1.44. The van der Waals surface area contributed by atoms with Crippen molar-refractivity contribution < 1.29 is 18.7 Å². The number of halogens is 2. The first-order chi connectivity index (χ1) is 9.99. The molecular weight excluding hydrogens is 339 g/mol. The van der Waals surface area contributed by atoms with Crippen molar-refractivity contribution in [2.45, 2.75) is 6.92 Å². The minimum Gasteiger partial charge on any atom is -0.496 e. The van der Waals surface area contributed by atoms with Crippen LogP contribution in [0, 0.1) is 12.7 Å². The van der Waals surface area contributed by atoms with Crippen LogP contribution in [-0.2, 0) is 0 Å². The highest BCUT2D eigenvalue weighted by Crippen LogP contribution is 2.23. The van der Waals surface area contributed by atoms with Gasteiger partial charge in [-0.05, 0) is 36.8 Å². The second kappa shape index (κ2) is 6.72. The van der Waals surface area contributed by atoms with Crippen LogP contribution in [0.2, 0.25) is 0 Å². The Morgan fingerprint density at radius 2 is 2.00 bits per heavy atom. The highest BCUT2D eigenvalue weighted by molar-refractivity contribution is 9.10. The van der Waals surface area contributed by atoms with E-state index >= 15 is 0 Å². The maximum absolute atomic E-state index is 13.2. The Bertz CT molecular complexity index is 650. The standard InChI is InChI=1S/C16H14BrFO3/c1-10-3-4-14(16(5-10)20-2)15(19)9-21-13-7-11(17)6-12(18)8-13/h3-8H,9H2,1-2H3. The summed E-state index contributed by atoms with van der Waals surface area (Å²) in [4.78, 5) is 12.2. The zero-order valence-corrected chi connectivity index (χ0v) is 13.2. The molecule has 5 heteroatoms. The lowest BCUT2D eigenvalue weighted by atomic mass is 10.1. The van der Waals surface area contributed by atoms with Crippen LogP contribution in [0.15, 0.2) is 40.9 Å². The van der Waals surface area contributed by atoms with Gasteiger partial charge < -0.3 is 9.47 Å². The molecule has 0 N–H and O–H groups in total. The van der Waals surface area contributed by atoms with E-state index in [0.717, 1.165) is 5.56 Å². The van der Waals surface area contributed by atoms with Gasteiger partial charge in [0.15, 0.2) is 6.61 Å². The molecule has 2 aromatic rings. The number of aryl methyl sites for hydroxylation is 1. The molecule has 21 heavy (non-hydrogen) atoms. The van der Waals surface area contributed by atoms with Crippen LogP contribution in [-0.4, -0.2) is 19.5 Å². The second-order valence-corrected chi connectivity index (χ2v) is 5.44. The molecule has 0 radical (unpaired) electrons. The summed E-state index contributed by atoms with van der Waals surface area (Å²) in [6.07, 6.45) is 0. The van der Waals surface area contributed by atoms with E-state index in [0.29, 0.717) is 21.5 Å². The van der Waals surface area contributed by atoms with Crippen LogP contribution in [0.25, 0.3) is 0 Å². The van der Waals surface area contributed by atoms with Crippen LogP contribution in [0.1, 0.15) is 15.9 Å². The van der Waals surface area contributed by atoms with Crippen molar-refractivity contribution in [2.75, 3.05) is 13.7 Å². The number of carbonyl (C=O) groups excluding carboxylic acids is 1. The maximum Gasteiger partial charge on any atom is 0.203 e. The highest BCUT2D eigenvalue weighted by Gasteiger charge is 2.13. The molecule has 0 fully saturated rings. The van der Waals surface area contributed by atoms with E-state index in [4.69, 9.17) is 9.47 Å². The van der Waals surface area contributed by atoms with Crippen LogP contribution in [0.4, 0.5) is 4.39 Å². The van der Waals surface area contributed by atoms with E-state index in [2.05, 4.69) is 15.9 Å². The summed E-state index contributed by atoms with van der Waals surface area (Å²) in [7, 11) is 1.51. The molecule has 0 aliphatic rings. The minimum absolute atomic E-state index is 0.185. The lowest BCUT2D eigenvalue weighted by Crippen LogP contribution is -2.13. The Labute approximate surface area is 130 Å². The Hall–Kier alpha value is -1.88. The van der Waals surface area contributed by atoms with Crippen molar-refractivity contribution in [1.29, 1.82) is 0 Å². The van der Waals surface area contributed by atoms with Crippen LogP contribution in [0.3, 0.4) is 0 Å². The molecule has 0 aromatic heterocycles. The molecule has 0 saturated carbocycles. The lowest BCUT2D eigenvalue weighted by molar-refractivity contribution is 0.0918. The number of hydrogen-bond acceptors (Lipinski definition) is 3. The zero-order chi connectivity index (χ0) is 15.4. The number of methoxy groups -OCH3 is 1. The minimum atomic E-state index is -0.431. The summed E-state index contributed by atoms with van der Waals surface area (Å²) in [6, 6.07) is 9.45. The van der Waals surface area contributed by atoms with Gasteiger partial charge in [-0.15, -0.1) is 0 Å². The third-order valence-electron chi connectivity index (χ3n) is 2.86. The molecular formula is C16H14BrFO3. The van der Waals surface area contributed by atoms with Crippen LogP contribution in [0.5, 0.6) is 11.5 Å². The number of rotatable bonds is 5. The molecule has 0 heterocycles. The lowest BCUT2D eigenvalue weighted by Gasteiger charge is -2.10. The van der Waals surface area contributed by atoms with Gasteiger partial charge in [0.2, 0.25) is 5.78 Å². The molecule has 2 rings (SSSR count). The third-order valence-corrected chi connectivity index (χ3v) is 3.32. The van der Waals surface area contributed by atoms with Crippen molar-refractivity contribution in [3.8, 4) is 11.5 Å². The molecule has 0 aliphatic heterocycles. The topological polar surface area (TPSA) is 35.5 Å². The second-order valence-electron chi connectivity index (χ2n) is 4.52. The predicted octanol–water partition coefficient (Wildman–Crippen LogP) is 4.17. The fourth-order valence-corrected chi connectivity index (χ4v) is 2.31. The van der Waals surface area contributed by atoms with E-state index in [1.54, 1.807) is 18.2 Å². The molecule has 0 spiro atoms. The van der Waals surface area contributed by atoms with Crippen molar-refractivity contribution in [3.63, 3.8) is 0 Å². The van der Waals surface area contributed by atoms with Crippen molar-refractivity contribution in [3.05, 3.63) is 57.8 Å². The van der Waals surface area contributed by atoms with Crippen molar-refractivity contribution in [1.82, 2.24) is 0 Å². The largest absolute Gasteiger partial charge is 0.496 e. The first kappa shape index (κ1) is 15.5. The third kappa shape index (κ3) is 4.04. The average molecular weight is 353 g/mol. The number of ether oxygens (including phenoxy) is 2. The molecule has 3 nitrogen and oxygen atoms in total. The fraction of sp³-hybridized carbons (Fsp3) is 0.188. The van der Waals surface area contributed by atoms with Crippen molar-refractivity contribution >= 4 is 21.7 Å². The van der Waals surface area contributed by atoms with E-state index in [9.17, 15) is 9.18 Å². The Morgan fingerprint density at radius 1 is 1.24 bits per heavy atom. The van der Waals surface area contributed by atoms with Gasteiger partial charge in [0.25, 0.3) is 0 Å². The van der Waals surface area contributed by atoms with Gasteiger partial charge in [0, 0.05) is 10.5 Å². The summed E-state index contributed by atoms with van der Waals surface area (Å²) in [6.45, 7) is 1.73. The molecule has 0 bridgehead atoms. The molecule has 2 aromatic carbocycles. The highest BCUT2D eigenvalue weighted by atomic mass is 79.9. The molecule has 0 aliphatic carbocycles. The first-order valence-corrected chi connectivity index (χ1v) is 7.05. The summed E-state index contributed by atoms with van der Waals surface area (Å²) >= 11 is 3.17. The number of hydrogen-bond donors (Lipinski definition) is 0. The van der Waals surface area contributed by atoms with Gasteiger partial charge >= 0.3 is 0 Å². The SMILES string of the molecule is COc1cc(C)ccc1C(=O)COc1cc(F)cc(Br)c1. The summed E-state index contributed by atoms with van der Waals surface area (Å²) in [5.74, 6) is 0.136. The zero-order valence-electron chi connectivity index (χ0n) is 11.7.